The molecule has 1 N–H and O–H groups in total. The second-order valence-corrected chi connectivity index (χ2v) is 6.94. The molecule has 0 aromatic heterocycles. The lowest BCUT2D eigenvalue weighted by Crippen LogP contribution is -2.32. The van der Waals surface area contributed by atoms with E-state index >= 15 is 0 Å². The van der Waals surface area contributed by atoms with Crippen LogP contribution in [0.4, 0.5) is 15.8 Å². The molecule has 0 aliphatic carbocycles. The quantitative estimate of drug-likeness (QED) is 0.595. The molecule has 30 heavy (non-hydrogen) atoms. The molecule has 1 aliphatic rings. The number of carbonyl (C=O) groups is 2. The molecule has 0 bridgehead atoms. The topological polar surface area (TPSA) is 58.6 Å². The first-order valence-corrected chi connectivity index (χ1v) is 9.42. The predicted molar refractivity (Wildman–Crippen MR) is 114 cm³/mol. The van der Waals surface area contributed by atoms with Gasteiger partial charge in [-0.15, -0.1) is 0 Å². The van der Waals surface area contributed by atoms with Gasteiger partial charge in [0.2, 0.25) is 0 Å². The summed E-state index contributed by atoms with van der Waals surface area (Å²) in [5.74, 6) is -1.04. The Morgan fingerprint density at radius 1 is 0.933 bits per heavy atom. The fraction of sp³-hybridized carbons (Fsp3) is 0.0435. The zero-order valence-electron chi connectivity index (χ0n) is 15.9. The van der Waals surface area contributed by atoms with Gasteiger partial charge in [-0.25, -0.2) is 9.29 Å². The Labute approximate surface area is 177 Å². The smallest absolute Gasteiger partial charge is 0.282 e. The maximum atomic E-state index is 13.5. The van der Waals surface area contributed by atoms with Gasteiger partial charge in [0.1, 0.15) is 17.3 Å². The Kier molecular flexibility index (Phi) is 5.25. The van der Waals surface area contributed by atoms with Gasteiger partial charge < -0.3 is 10.1 Å². The van der Waals surface area contributed by atoms with Crippen molar-refractivity contribution in [3.63, 3.8) is 0 Å². The summed E-state index contributed by atoms with van der Waals surface area (Å²) in [6.45, 7) is 0. The van der Waals surface area contributed by atoms with Gasteiger partial charge >= 0.3 is 0 Å². The van der Waals surface area contributed by atoms with Crippen LogP contribution in [0.5, 0.6) is 5.75 Å². The van der Waals surface area contributed by atoms with Gasteiger partial charge in [0.15, 0.2) is 0 Å². The van der Waals surface area contributed by atoms with Gasteiger partial charge in [0.05, 0.1) is 24.1 Å². The van der Waals surface area contributed by atoms with Crippen LogP contribution in [0.3, 0.4) is 0 Å². The number of methoxy groups -OCH3 is 1. The molecule has 0 radical (unpaired) electrons. The number of benzene rings is 3. The summed E-state index contributed by atoms with van der Waals surface area (Å²) in [6.07, 6.45) is 0. The van der Waals surface area contributed by atoms with E-state index in [0.29, 0.717) is 27.7 Å². The first-order chi connectivity index (χ1) is 14.5. The fourth-order valence-electron chi connectivity index (χ4n) is 3.25. The highest BCUT2D eigenvalue weighted by molar-refractivity contribution is 6.46. The largest absolute Gasteiger partial charge is 0.495 e. The number of para-hydroxylation sites is 1. The molecule has 0 fully saturated rings. The van der Waals surface area contributed by atoms with Gasteiger partial charge in [-0.2, -0.15) is 0 Å². The number of nitrogens with zero attached hydrogens (tertiary/aromatic N) is 1. The predicted octanol–water partition coefficient (Wildman–Crippen LogP) is 4.88. The highest BCUT2D eigenvalue weighted by Crippen LogP contribution is 2.36. The van der Waals surface area contributed by atoms with Crippen LogP contribution in [0.2, 0.25) is 5.02 Å². The molecule has 7 heteroatoms. The minimum Gasteiger partial charge on any atom is -0.495 e. The summed E-state index contributed by atoms with van der Waals surface area (Å²) in [6, 6.07) is 18.9. The number of nitrogens with one attached hydrogen (secondary N) is 1. The van der Waals surface area contributed by atoms with Crippen molar-refractivity contribution in [3.8, 4) is 5.75 Å². The lowest BCUT2D eigenvalue weighted by atomic mass is 10.0. The summed E-state index contributed by atoms with van der Waals surface area (Å²) in [5.41, 5.74) is 1.45. The minimum absolute atomic E-state index is 0.0519. The van der Waals surface area contributed by atoms with E-state index < -0.39 is 17.6 Å². The highest BCUT2D eigenvalue weighted by atomic mass is 35.5. The number of rotatable bonds is 5. The number of hydrogen-bond acceptors (Lipinski definition) is 4. The van der Waals surface area contributed by atoms with Crippen molar-refractivity contribution >= 4 is 40.4 Å². The van der Waals surface area contributed by atoms with Crippen LogP contribution in [0.25, 0.3) is 5.57 Å². The first-order valence-electron chi connectivity index (χ1n) is 9.04. The monoisotopic (exact) mass is 422 g/mol. The number of amides is 2. The van der Waals surface area contributed by atoms with E-state index in [1.165, 1.54) is 31.4 Å². The maximum absolute atomic E-state index is 13.5. The standard InChI is InChI=1S/C23H16ClFN2O3/c1-30-19-12-9-15(24)13-18(19)26-21-20(14-7-10-16(25)11-8-14)22(28)27(23(21)29)17-5-3-2-4-6-17/h2-13,26H,1H3. The minimum atomic E-state index is -0.535. The Hall–Kier alpha value is -3.64. The fourth-order valence-corrected chi connectivity index (χ4v) is 3.43. The van der Waals surface area contributed by atoms with Crippen molar-refractivity contribution in [1.29, 1.82) is 0 Å². The van der Waals surface area contributed by atoms with E-state index in [0.717, 1.165) is 4.90 Å². The van der Waals surface area contributed by atoms with Crippen LogP contribution in [0.1, 0.15) is 5.56 Å². The van der Waals surface area contributed by atoms with Crippen LogP contribution in [0, 0.1) is 5.82 Å². The number of ether oxygens (including phenoxy) is 1. The molecule has 5 nitrogen and oxygen atoms in total. The Morgan fingerprint density at radius 3 is 2.30 bits per heavy atom. The molecule has 0 saturated carbocycles. The number of halogens is 2. The molecule has 1 heterocycles. The van der Waals surface area contributed by atoms with Crippen molar-refractivity contribution in [2.75, 3.05) is 17.3 Å². The zero-order valence-corrected chi connectivity index (χ0v) is 16.6. The van der Waals surface area contributed by atoms with E-state index in [-0.39, 0.29) is 11.3 Å². The van der Waals surface area contributed by atoms with Crippen LogP contribution in [-0.4, -0.2) is 18.9 Å². The third-order valence-electron chi connectivity index (χ3n) is 4.65. The van der Waals surface area contributed by atoms with E-state index in [1.807, 2.05) is 0 Å². The SMILES string of the molecule is COc1ccc(Cl)cc1NC1=C(c2ccc(F)cc2)C(=O)N(c2ccccc2)C1=O. The Morgan fingerprint density at radius 2 is 1.63 bits per heavy atom. The molecule has 0 unspecified atom stereocenters. The summed E-state index contributed by atoms with van der Waals surface area (Å²) < 4.78 is 18.8. The molecule has 1 aliphatic heterocycles. The maximum Gasteiger partial charge on any atom is 0.282 e. The second kappa shape index (κ2) is 8.00. The second-order valence-electron chi connectivity index (χ2n) is 6.51. The van der Waals surface area contributed by atoms with Crippen LogP contribution < -0.4 is 15.0 Å². The summed E-state index contributed by atoms with van der Waals surface area (Å²) in [4.78, 5) is 27.7. The molecule has 3 aromatic carbocycles. The number of carbonyl (C=O) groups excluding carboxylic acids is 2. The van der Waals surface area contributed by atoms with Gasteiger partial charge in [0.25, 0.3) is 11.8 Å². The molecule has 2 amide bonds. The Balaban J connectivity index is 1.85. The molecule has 3 aromatic rings. The third-order valence-corrected chi connectivity index (χ3v) is 4.89. The molecule has 4 rings (SSSR count). The van der Waals surface area contributed by atoms with Crippen molar-refractivity contribution in [3.05, 3.63) is 94.9 Å². The van der Waals surface area contributed by atoms with Crippen LogP contribution in [0.15, 0.2) is 78.5 Å². The van der Waals surface area contributed by atoms with Gasteiger partial charge in [0, 0.05) is 5.02 Å². The molecule has 0 atom stereocenters. The lowest BCUT2D eigenvalue weighted by molar-refractivity contribution is -0.120. The van der Waals surface area contributed by atoms with Crippen LogP contribution in [-0.2, 0) is 9.59 Å². The van der Waals surface area contributed by atoms with E-state index in [2.05, 4.69) is 5.32 Å². The van der Waals surface area contributed by atoms with Crippen molar-refractivity contribution in [2.45, 2.75) is 0 Å². The molecule has 150 valence electrons. The average molecular weight is 423 g/mol. The third kappa shape index (κ3) is 3.53. The lowest BCUT2D eigenvalue weighted by Gasteiger charge is -2.16. The highest BCUT2D eigenvalue weighted by Gasteiger charge is 2.40. The van der Waals surface area contributed by atoms with E-state index in [9.17, 15) is 14.0 Å². The van der Waals surface area contributed by atoms with Crippen LogP contribution >= 0.6 is 11.6 Å². The average Bonchev–Trinajstić information content (AvgIpc) is 2.99. The number of hydrogen-bond donors (Lipinski definition) is 1. The number of anilines is 2. The van der Waals surface area contributed by atoms with Gasteiger partial charge in [-0.05, 0) is 48.0 Å². The summed E-state index contributed by atoms with van der Waals surface area (Å²) >= 11 is 6.10. The number of imide groups is 1. The van der Waals surface area contributed by atoms with Crippen molar-refractivity contribution in [1.82, 2.24) is 0 Å². The zero-order chi connectivity index (χ0) is 21.3. The van der Waals surface area contributed by atoms with Crippen molar-refractivity contribution < 1.29 is 18.7 Å². The Bertz CT molecular complexity index is 1160. The van der Waals surface area contributed by atoms with E-state index in [1.54, 1.807) is 48.5 Å². The molecule has 0 saturated heterocycles. The summed E-state index contributed by atoms with van der Waals surface area (Å²) in [7, 11) is 1.49. The summed E-state index contributed by atoms with van der Waals surface area (Å²) in [5, 5.41) is 3.44. The molecular formula is C23H16ClFN2O3. The normalized spacial score (nSPS) is 13.8. The van der Waals surface area contributed by atoms with Gasteiger partial charge in [-0.3, -0.25) is 9.59 Å². The van der Waals surface area contributed by atoms with E-state index in [4.69, 9.17) is 16.3 Å². The molecular weight excluding hydrogens is 407 g/mol. The van der Waals surface area contributed by atoms with Crippen molar-refractivity contribution in [2.24, 2.45) is 0 Å². The first kappa shape index (κ1) is 19.7. The molecule has 0 spiro atoms. The van der Waals surface area contributed by atoms with Gasteiger partial charge in [-0.1, -0.05) is 41.9 Å².